The van der Waals surface area contributed by atoms with Crippen LogP contribution in [0.5, 0.6) is 0 Å². The molecule has 134 valence electrons. The summed E-state index contributed by atoms with van der Waals surface area (Å²) in [6, 6.07) is 8.07. The summed E-state index contributed by atoms with van der Waals surface area (Å²) in [4.78, 5) is 11.1. The molecule has 0 aromatic heterocycles. The lowest BCUT2D eigenvalue weighted by Gasteiger charge is -2.24. The maximum absolute atomic E-state index is 14.3. The van der Waals surface area contributed by atoms with Crippen LogP contribution < -0.4 is 5.32 Å². The molecule has 0 aliphatic carbocycles. The van der Waals surface area contributed by atoms with Crippen molar-refractivity contribution in [3.05, 3.63) is 98.1 Å². The van der Waals surface area contributed by atoms with Crippen LogP contribution in [0.4, 0.5) is 13.2 Å². The van der Waals surface area contributed by atoms with Gasteiger partial charge >= 0.3 is 0 Å². The van der Waals surface area contributed by atoms with E-state index in [0.717, 1.165) is 5.56 Å². The number of halogens is 3. The molecule has 1 N–H and O–H groups in total. The SMILES string of the molecule is CC1=CC(c2ccccc2C)C([N+](=O)[O-])=C(c2c(F)cc(F)cc2F)N1. The average molecular weight is 360 g/mol. The Bertz CT molecular complexity index is 944. The Morgan fingerprint density at radius 3 is 2.27 bits per heavy atom. The lowest BCUT2D eigenvalue weighted by molar-refractivity contribution is -0.428. The third kappa shape index (κ3) is 3.08. The lowest BCUT2D eigenvalue weighted by Crippen LogP contribution is -2.26. The Labute approximate surface area is 147 Å². The van der Waals surface area contributed by atoms with Crippen LogP contribution in [-0.4, -0.2) is 4.92 Å². The van der Waals surface area contributed by atoms with Crippen LogP contribution in [0.3, 0.4) is 0 Å². The van der Waals surface area contributed by atoms with E-state index in [1.165, 1.54) is 0 Å². The van der Waals surface area contributed by atoms with Crippen LogP contribution in [0.2, 0.25) is 0 Å². The van der Waals surface area contributed by atoms with Crippen molar-refractivity contribution >= 4 is 5.70 Å². The molecule has 1 aliphatic rings. The number of hydrogen-bond donors (Lipinski definition) is 1. The number of nitrogens with zero attached hydrogens (tertiary/aromatic N) is 1. The topological polar surface area (TPSA) is 55.2 Å². The number of hydrogen-bond acceptors (Lipinski definition) is 3. The van der Waals surface area contributed by atoms with Gasteiger partial charge in [-0.2, -0.15) is 0 Å². The average Bonchev–Trinajstić information content (AvgIpc) is 2.53. The molecule has 1 unspecified atom stereocenters. The van der Waals surface area contributed by atoms with Gasteiger partial charge in [0.25, 0.3) is 5.70 Å². The Balaban J connectivity index is 2.30. The summed E-state index contributed by atoms with van der Waals surface area (Å²) in [7, 11) is 0. The molecule has 0 radical (unpaired) electrons. The monoisotopic (exact) mass is 360 g/mol. The molecule has 0 saturated carbocycles. The molecule has 4 nitrogen and oxygen atoms in total. The zero-order valence-corrected chi connectivity index (χ0v) is 14.0. The van der Waals surface area contributed by atoms with Gasteiger partial charge in [-0.25, -0.2) is 13.2 Å². The van der Waals surface area contributed by atoms with Crippen molar-refractivity contribution in [2.75, 3.05) is 0 Å². The zero-order chi connectivity index (χ0) is 19.0. The fourth-order valence-electron chi connectivity index (χ4n) is 3.14. The Hall–Kier alpha value is -3.09. The van der Waals surface area contributed by atoms with E-state index in [2.05, 4.69) is 5.32 Å². The highest BCUT2D eigenvalue weighted by Crippen LogP contribution is 2.38. The molecule has 1 heterocycles. The van der Waals surface area contributed by atoms with Crippen LogP contribution in [0.25, 0.3) is 5.70 Å². The van der Waals surface area contributed by atoms with Crippen LogP contribution in [0.15, 0.2) is 53.9 Å². The first-order valence-corrected chi connectivity index (χ1v) is 7.84. The van der Waals surface area contributed by atoms with Gasteiger partial charge in [0.2, 0.25) is 0 Å². The number of allylic oxidation sites excluding steroid dienone is 2. The molecular formula is C19H15F3N2O2. The van der Waals surface area contributed by atoms with Gasteiger partial charge in [0, 0.05) is 17.8 Å². The minimum absolute atomic E-state index is 0.307. The molecule has 0 fully saturated rings. The number of nitro groups is 1. The third-order valence-corrected chi connectivity index (χ3v) is 4.27. The number of aryl methyl sites for hydroxylation is 1. The minimum atomic E-state index is -1.21. The molecule has 1 aliphatic heterocycles. The minimum Gasteiger partial charge on any atom is -0.353 e. The number of dihydropyridines is 1. The normalized spacial score (nSPS) is 17.0. The number of rotatable bonds is 3. The highest BCUT2D eigenvalue weighted by molar-refractivity contribution is 5.71. The van der Waals surface area contributed by atoms with Gasteiger partial charge in [-0.1, -0.05) is 24.3 Å². The van der Waals surface area contributed by atoms with Gasteiger partial charge in [-0.15, -0.1) is 0 Å². The van der Waals surface area contributed by atoms with Gasteiger partial charge in [0.05, 0.1) is 16.4 Å². The summed E-state index contributed by atoms with van der Waals surface area (Å²) in [6.07, 6.45) is 1.63. The first-order chi connectivity index (χ1) is 12.3. The van der Waals surface area contributed by atoms with E-state index in [1.54, 1.807) is 44.2 Å². The third-order valence-electron chi connectivity index (χ3n) is 4.27. The smallest absolute Gasteiger partial charge is 0.281 e. The second kappa shape index (κ2) is 6.67. The molecule has 7 heteroatoms. The second-order valence-corrected chi connectivity index (χ2v) is 6.07. The van der Waals surface area contributed by atoms with E-state index >= 15 is 0 Å². The van der Waals surface area contributed by atoms with Crippen molar-refractivity contribution in [2.45, 2.75) is 19.8 Å². The lowest BCUT2D eigenvalue weighted by atomic mass is 9.87. The molecular weight excluding hydrogens is 345 g/mol. The summed E-state index contributed by atoms with van der Waals surface area (Å²) >= 11 is 0. The van der Waals surface area contributed by atoms with Gasteiger partial charge in [0.15, 0.2) is 0 Å². The predicted molar refractivity (Wildman–Crippen MR) is 91.0 cm³/mol. The maximum Gasteiger partial charge on any atom is 0.281 e. The number of nitrogens with one attached hydrogen (secondary N) is 1. The fraction of sp³-hybridized carbons (Fsp3) is 0.158. The molecule has 0 amide bonds. The Morgan fingerprint density at radius 2 is 1.69 bits per heavy atom. The second-order valence-electron chi connectivity index (χ2n) is 6.07. The van der Waals surface area contributed by atoms with Crippen molar-refractivity contribution < 1.29 is 18.1 Å². The first kappa shape index (κ1) is 17.7. The van der Waals surface area contributed by atoms with Crippen LogP contribution in [-0.2, 0) is 0 Å². The van der Waals surface area contributed by atoms with E-state index in [4.69, 9.17) is 0 Å². The fourth-order valence-corrected chi connectivity index (χ4v) is 3.14. The maximum atomic E-state index is 14.3. The van der Waals surface area contributed by atoms with E-state index in [-0.39, 0.29) is 5.70 Å². The summed E-state index contributed by atoms with van der Waals surface area (Å²) in [5, 5.41) is 14.5. The van der Waals surface area contributed by atoms with Crippen molar-refractivity contribution in [3.63, 3.8) is 0 Å². The number of benzene rings is 2. The zero-order valence-electron chi connectivity index (χ0n) is 14.0. The van der Waals surface area contributed by atoms with E-state index in [9.17, 15) is 23.3 Å². The van der Waals surface area contributed by atoms with Crippen molar-refractivity contribution in [3.8, 4) is 0 Å². The Morgan fingerprint density at radius 1 is 1.08 bits per heavy atom. The van der Waals surface area contributed by atoms with E-state index in [0.29, 0.717) is 23.4 Å². The van der Waals surface area contributed by atoms with Crippen LogP contribution in [0, 0.1) is 34.5 Å². The molecule has 0 saturated heterocycles. The molecule has 1 atom stereocenters. The summed E-state index contributed by atoms with van der Waals surface area (Å²) in [6.45, 7) is 3.44. The molecule has 2 aromatic rings. The van der Waals surface area contributed by atoms with Gasteiger partial charge < -0.3 is 5.32 Å². The predicted octanol–water partition coefficient (Wildman–Crippen LogP) is 4.65. The van der Waals surface area contributed by atoms with Crippen LogP contribution >= 0.6 is 0 Å². The molecule has 2 aromatic carbocycles. The largest absolute Gasteiger partial charge is 0.353 e. The van der Waals surface area contributed by atoms with Gasteiger partial charge in [0.1, 0.15) is 23.1 Å². The Kier molecular flexibility index (Phi) is 4.54. The quantitative estimate of drug-likeness (QED) is 0.640. The summed E-state index contributed by atoms with van der Waals surface area (Å²) < 4.78 is 41.8. The summed E-state index contributed by atoms with van der Waals surface area (Å²) in [5.41, 5.74) is 0.612. The van der Waals surface area contributed by atoms with Crippen LogP contribution in [0.1, 0.15) is 29.5 Å². The molecule has 3 rings (SSSR count). The molecule has 0 bridgehead atoms. The van der Waals surface area contributed by atoms with E-state index in [1.807, 2.05) is 0 Å². The first-order valence-electron chi connectivity index (χ1n) is 7.84. The highest BCUT2D eigenvalue weighted by Gasteiger charge is 2.36. The molecule has 26 heavy (non-hydrogen) atoms. The van der Waals surface area contributed by atoms with Gasteiger partial charge in [-0.05, 0) is 31.1 Å². The highest BCUT2D eigenvalue weighted by atomic mass is 19.1. The molecule has 0 spiro atoms. The standard InChI is InChI=1S/C19H15F3N2O2/c1-10-5-3-4-6-13(10)14-7-11(2)23-18(19(14)24(25)26)17-15(21)8-12(20)9-16(17)22/h3-9,14,23H,1-2H3. The van der Waals surface area contributed by atoms with E-state index < -0.39 is 39.6 Å². The summed E-state index contributed by atoms with van der Waals surface area (Å²) in [5.74, 6) is -4.30. The van der Waals surface area contributed by atoms with Crippen molar-refractivity contribution in [2.24, 2.45) is 0 Å². The van der Waals surface area contributed by atoms with Crippen molar-refractivity contribution in [1.29, 1.82) is 0 Å². The van der Waals surface area contributed by atoms with Crippen molar-refractivity contribution in [1.82, 2.24) is 5.32 Å². The van der Waals surface area contributed by atoms with Gasteiger partial charge in [-0.3, -0.25) is 10.1 Å².